The fourth-order valence-corrected chi connectivity index (χ4v) is 2.28. The number of hydrogen-bond donors (Lipinski definition) is 2. The number of nitrogens with one attached hydrogen (secondary N) is 2. The molecule has 0 heterocycles. The SMILES string of the molecule is COC(=O)CNC1CCCC(NC(=O)OC(C)(C)C)C1. The van der Waals surface area contributed by atoms with E-state index in [0.29, 0.717) is 0 Å². The molecule has 1 amide bonds. The van der Waals surface area contributed by atoms with Crippen LogP contribution in [0.4, 0.5) is 4.79 Å². The second-order valence-electron chi connectivity index (χ2n) is 6.16. The van der Waals surface area contributed by atoms with Crippen molar-refractivity contribution in [1.29, 1.82) is 0 Å². The van der Waals surface area contributed by atoms with E-state index in [1.54, 1.807) is 0 Å². The zero-order chi connectivity index (χ0) is 15.2. The van der Waals surface area contributed by atoms with Gasteiger partial charge in [0, 0.05) is 12.1 Å². The van der Waals surface area contributed by atoms with Crippen molar-refractivity contribution in [2.45, 2.75) is 64.1 Å². The molecule has 116 valence electrons. The molecule has 0 aliphatic heterocycles. The van der Waals surface area contributed by atoms with Gasteiger partial charge in [0.2, 0.25) is 0 Å². The van der Waals surface area contributed by atoms with Crippen molar-refractivity contribution in [3.63, 3.8) is 0 Å². The number of amides is 1. The van der Waals surface area contributed by atoms with E-state index in [1.165, 1.54) is 7.11 Å². The van der Waals surface area contributed by atoms with Gasteiger partial charge in [-0.2, -0.15) is 0 Å². The molecule has 2 unspecified atom stereocenters. The van der Waals surface area contributed by atoms with Crippen LogP contribution in [0.15, 0.2) is 0 Å². The largest absolute Gasteiger partial charge is 0.468 e. The first kappa shape index (κ1) is 16.8. The molecule has 1 aliphatic carbocycles. The fraction of sp³-hybridized carbons (Fsp3) is 0.857. The Morgan fingerprint density at radius 1 is 1.20 bits per heavy atom. The Hall–Kier alpha value is -1.30. The minimum atomic E-state index is -0.485. The zero-order valence-corrected chi connectivity index (χ0v) is 12.8. The third-order valence-electron chi connectivity index (χ3n) is 3.16. The highest BCUT2D eigenvalue weighted by atomic mass is 16.6. The van der Waals surface area contributed by atoms with Gasteiger partial charge in [0.25, 0.3) is 0 Å². The predicted octanol–water partition coefficient (Wildman–Crippen LogP) is 1.58. The molecule has 0 aromatic carbocycles. The second kappa shape index (κ2) is 7.47. The van der Waals surface area contributed by atoms with Crippen LogP contribution in [0.1, 0.15) is 46.5 Å². The van der Waals surface area contributed by atoms with Gasteiger partial charge >= 0.3 is 12.1 Å². The lowest BCUT2D eigenvalue weighted by Gasteiger charge is -2.31. The average molecular weight is 286 g/mol. The number of esters is 1. The molecule has 1 aliphatic rings. The number of carbonyl (C=O) groups is 2. The van der Waals surface area contributed by atoms with Crippen LogP contribution in [0.25, 0.3) is 0 Å². The maximum atomic E-state index is 11.7. The lowest BCUT2D eigenvalue weighted by atomic mass is 9.91. The molecule has 2 N–H and O–H groups in total. The lowest BCUT2D eigenvalue weighted by molar-refractivity contribution is -0.139. The highest BCUT2D eigenvalue weighted by molar-refractivity contribution is 5.71. The van der Waals surface area contributed by atoms with Crippen LogP contribution >= 0.6 is 0 Å². The van der Waals surface area contributed by atoms with Crippen LogP contribution < -0.4 is 10.6 Å². The maximum absolute atomic E-state index is 11.7. The van der Waals surface area contributed by atoms with Crippen molar-refractivity contribution in [2.75, 3.05) is 13.7 Å². The summed E-state index contributed by atoms with van der Waals surface area (Å²) in [6, 6.07) is 0.316. The van der Waals surface area contributed by atoms with Crippen LogP contribution in [0.3, 0.4) is 0 Å². The molecule has 0 aromatic heterocycles. The zero-order valence-electron chi connectivity index (χ0n) is 12.8. The van der Waals surface area contributed by atoms with Crippen molar-refractivity contribution >= 4 is 12.1 Å². The highest BCUT2D eigenvalue weighted by Crippen LogP contribution is 2.19. The van der Waals surface area contributed by atoms with Gasteiger partial charge in [-0.15, -0.1) is 0 Å². The summed E-state index contributed by atoms with van der Waals surface area (Å²) in [6.07, 6.45) is 3.38. The Morgan fingerprint density at radius 3 is 2.45 bits per heavy atom. The van der Waals surface area contributed by atoms with Gasteiger partial charge in [0.05, 0.1) is 13.7 Å². The molecule has 20 heavy (non-hydrogen) atoms. The number of alkyl carbamates (subject to hydrolysis) is 1. The van der Waals surface area contributed by atoms with Crippen molar-refractivity contribution in [3.05, 3.63) is 0 Å². The molecule has 0 aromatic rings. The predicted molar refractivity (Wildman–Crippen MR) is 75.4 cm³/mol. The molecule has 0 bridgehead atoms. The molecule has 1 fully saturated rings. The van der Waals surface area contributed by atoms with Gasteiger partial charge in [-0.25, -0.2) is 4.79 Å². The summed E-state index contributed by atoms with van der Waals surface area (Å²) in [7, 11) is 1.37. The first-order valence-electron chi connectivity index (χ1n) is 7.10. The number of rotatable bonds is 4. The summed E-state index contributed by atoms with van der Waals surface area (Å²) < 4.78 is 9.84. The molecule has 1 saturated carbocycles. The smallest absolute Gasteiger partial charge is 0.407 e. The van der Waals surface area contributed by atoms with Crippen molar-refractivity contribution in [3.8, 4) is 0 Å². The van der Waals surface area contributed by atoms with Crippen LogP contribution in [-0.2, 0) is 14.3 Å². The monoisotopic (exact) mass is 286 g/mol. The topological polar surface area (TPSA) is 76.7 Å². The number of ether oxygens (including phenoxy) is 2. The van der Waals surface area contributed by atoms with E-state index in [2.05, 4.69) is 15.4 Å². The van der Waals surface area contributed by atoms with E-state index in [9.17, 15) is 9.59 Å². The van der Waals surface area contributed by atoms with Gasteiger partial charge in [0.1, 0.15) is 5.60 Å². The Bertz CT molecular complexity index is 339. The molecular weight excluding hydrogens is 260 g/mol. The summed E-state index contributed by atoms with van der Waals surface area (Å²) in [5.41, 5.74) is -0.485. The third kappa shape index (κ3) is 6.75. The van der Waals surface area contributed by atoms with E-state index in [4.69, 9.17) is 4.74 Å². The van der Waals surface area contributed by atoms with Gasteiger partial charge in [-0.1, -0.05) is 0 Å². The molecule has 0 radical (unpaired) electrons. The molecule has 2 atom stereocenters. The Labute approximate surface area is 120 Å². The Kier molecular flexibility index (Phi) is 6.26. The summed E-state index contributed by atoms with van der Waals surface area (Å²) in [5.74, 6) is -0.271. The van der Waals surface area contributed by atoms with Gasteiger partial charge in [0.15, 0.2) is 0 Å². The van der Waals surface area contributed by atoms with Gasteiger partial charge < -0.3 is 20.1 Å². The minimum Gasteiger partial charge on any atom is -0.468 e. The van der Waals surface area contributed by atoms with Crippen molar-refractivity contribution < 1.29 is 19.1 Å². The Morgan fingerprint density at radius 2 is 1.85 bits per heavy atom. The van der Waals surface area contributed by atoms with Crippen LogP contribution in [0.5, 0.6) is 0 Å². The van der Waals surface area contributed by atoms with E-state index in [0.717, 1.165) is 25.7 Å². The third-order valence-corrected chi connectivity index (χ3v) is 3.16. The normalized spacial score (nSPS) is 23.0. The molecule has 0 spiro atoms. The highest BCUT2D eigenvalue weighted by Gasteiger charge is 2.25. The summed E-state index contributed by atoms with van der Waals surface area (Å²) >= 11 is 0. The lowest BCUT2D eigenvalue weighted by Crippen LogP contribution is -2.46. The quantitative estimate of drug-likeness (QED) is 0.767. The summed E-state index contributed by atoms with van der Waals surface area (Å²) in [4.78, 5) is 22.8. The number of hydrogen-bond acceptors (Lipinski definition) is 5. The molecular formula is C14H26N2O4. The maximum Gasteiger partial charge on any atom is 0.407 e. The van der Waals surface area contributed by atoms with Crippen LogP contribution in [0.2, 0.25) is 0 Å². The van der Waals surface area contributed by atoms with E-state index >= 15 is 0 Å². The Balaban J connectivity index is 2.33. The molecule has 6 nitrogen and oxygen atoms in total. The van der Waals surface area contributed by atoms with Crippen LogP contribution in [0, 0.1) is 0 Å². The van der Waals surface area contributed by atoms with Crippen LogP contribution in [-0.4, -0.2) is 43.4 Å². The molecule has 0 saturated heterocycles. The van der Waals surface area contributed by atoms with Crippen molar-refractivity contribution in [2.24, 2.45) is 0 Å². The number of carbonyl (C=O) groups excluding carboxylic acids is 2. The molecule has 6 heteroatoms. The van der Waals surface area contributed by atoms with E-state index < -0.39 is 5.60 Å². The van der Waals surface area contributed by atoms with Gasteiger partial charge in [-0.05, 0) is 46.5 Å². The average Bonchev–Trinajstić information content (AvgIpc) is 2.34. The first-order chi connectivity index (χ1) is 9.30. The van der Waals surface area contributed by atoms with Crippen molar-refractivity contribution in [1.82, 2.24) is 10.6 Å². The number of methoxy groups -OCH3 is 1. The molecule has 1 rings (SSSR count). The minimum absolute atomic E-state index is 0.0914. The van der Waals surface area contributed by atoms with E-state index in [1.807, 2.05) is 20.8 Å². The first-order valence-corrected chi connectivity index (χ1v) is 7.10. The standard InChI is InChI=1S/C14H26N2O4/c1-14(2,3)20-13(18)16-11-7-5-6-10(8-11)15-9-12(17)19-4/h10-11,15H,5-9H2,1-4H3,(H,16,18). The van der Waals surface area contributed by atoms with Gasteiger partial charge in [-0.3, -0.25) is 4.79 Å². The summed E-state index contributed by atoms with van der Waals surface area (Å²) in [6.45, 7) is 5.73. The van der Waals surface area contributed by atoms with E-state index in [-0.39, 0.29) is 30.7 Å². The second-order valence-corrected chi connectivity index (χ2v) is 6.16. The fourth-order valence-electron chi connectivity index (χ4n) is 2.28. The summed E-state index contributed by atoms with van der Waals surface area (Å²) in [5, 5.41) is 6.05.